The molecule has 2 heterocycles. The van der Waals surface area contributed by atoms with Crippen molar-refractivity contribution in [3.63, 3.8) is 0 Å². The van der Waals surface area contributed by atoms with Crippen LogP contribution >= 0.6 is 0 Å². The van der Waals surface area contributed by atoms with E-state index in [0.29, 0.717) is 30.8 Å². The van der Waals surface area contributed by atoms with Gasteiger partial charge in [-0.3, -0.25) is 9.69 Å². The highest BCUT2D eigenvalue weighted by atomic mass is 19.1. The summed E-state index contributed by atoms with van der Waals surface area (Å²) in [6, 6.07) is 17.7. The molecule has 0 atom stereocenters. The fourth-order valence-electron chi connectivity index (χ4n) is 4.80. The Hall–Kier alpha value is -3.71. The molecule has 174 valence electrons. The average Bonchev–Trinajstić information content (AvgIpc) is 2.84. The van der Waals surface area contributed by atoms with Crippen molar-refractivity contribution in [3.8, 4) is 0 Å². The van der Waals surface area contributed by atoms with Crippen molar-refractivity contribution in [2.45, 2.75) is 20.0 Å². The Balaban J connectivity index is 1.36. The van der Waals surface area contributed by atoms with E-state index >= 15 is 4.39 Å². The molecule has 1 fully saturated rings. The van der Waals surface area contributed by atoms with E-state index in [9.17, 15) is 14.7 Å². The standard InChI is InChI=1S/C27H26FN3O3/c1-2-30-17-22(27(33)34)26(32)21-14-23(28)25(15-24(21)30)31-11-9-29(10-12-31)16-18-7-8-19-5-3-4-6-20(19)13-18/h3-8,13-15,17H,2,9-12,16H2,1H3,(H,33,34). The van der Waals surface area contributed by atoms with Crippen molar-refractivity contribution in [2.75, 3.05) is 31.1 Å². The smallest absolute Gasteiger partial charge is 0.341 e. The Morgan fingerprint density at radius 1 is 1.00 bits per heavy atom. The van der Waals surface area contributed by atoms with Crippen LogP contribution in [-0.2, 0) is 13.1 Å². The van der Waals surface area contributed by atoms with E-state index in [4.69, 9.17) is 0 Å². The molecule has 0 aliphatic carbocycles. The number of rotatable bonds is 5. The topological polar surface area (TPSA) is 65.8 Å². The van der Waals surface area contributed by atoms with Crippen LogP contribution in [0.1, 0.15) is 22.8 Å². The zero-order chi connectivity index (χ0) is 23.8. The maximum absolute atomic E-state index is 15.1. The Bertz CT molecular complexity index is 1460. The summed E-state index contributed by atoms with van der Waals surface area (Å²) in [6.07, 6.45) is 1.34. The summed E-state index contributed by atoms with van der Waals surface area (Å²) in [6.45, 7) is 6.10. The van der Waals surface area contributed by atoms with Crippen LogP contribution in [0.5, 0.6) is 0 Å². The second-order valence-electron chi connectivity index (χ2n) is 8.73. The maximum Gasteiger partial charge on any atom is 0.341 e. The molecule has 4 aromatic rings. The molecule has 0 amide bonds. The molecule has 7 heteroatoms. The molecule has 1 N–H and O–H groups in total. The molecule has 1 saturated heterocycles. The lowest BCUT2D eigenvalue weighted by atomic mass is 10.1. The quantitative estimate of drug-likeness (QED) is 0.481. The van der Waals surface area contributed by atoms with E-state index in [1.165, 1.54) is 28.6 Å². The van der Waals surface area contributed by atoms with Gasteiger partial charge in [0.1, 0.15) is 11.4 Å². The number of hydrogen-bond acceptors (Lipinski definition) is 4. The van der Waals surface area contributed by atoms with Crippen LogP contribution in [0.4, 0.5) is 10.1 Å². The van der Waals surface area contributed by atoms with Crippen LogP contribution in [-0.4, -0.2) is 46.7 Å². The third-order valence-electron chi connectivity index (χ3n) is 6.65. The van der Waals surface area contributed by atoms with Gasteiger partial charge < -0.3 is 14.6 Å². The van der Waals surface area contributed by atoms with E-state index in [0.717, 1.165) is 19.6 Å². The zero-order valence-electron chi connectivity index (χ0n) is 19.0. The van der Waals surface area contributed by atoms with Crippen LogP contribution in [0.15, 0.2) is 65.6 Å². The van der Waals surface area contributed by atoms with Gasteiger partial charge in [0, 0.05) is 50.9 Å². The number of carboxylic acid groups (broad SMARTS) is 1. The molecule has 5 rings (SSSR count). The Kier molecular flexibility index (Phi) is 5.79. The molecule has 0 saturated carbocycles. The molecule has 6 nitrogen and oxygen atoms in total. The van der Waals surface area contributed by atoms with Crippen LogP contribution in [0, 0.1) is 5.82 Å². The number of carboxylic acids is 1. The summed E-state index contributed by atoms with van der Waals surface area (Å²) in [5.41, 5.74) is 1.25. The lowest BCUT2D eigenvalue weighted by Crippen LogP contribution is -2.46. The van der Waals surface area contributed by atoms with Gasteiger partial charge >= 0.3 is 5.97 Å². The second kappa shape index (κ2) is 8.91. The van der Waals surface area contributed by atoms with Gasteiger partial charge in [-0.05, 0) is 41.5 Å². The van der Waals surface area contributed by atoms with Crippen LogP contribution in [0.3, 0.4) is 0 Å². The highest BCUT2D eigenvalue weighted by Gasteiger charge is 2.22. The number of aryl methyl sites for hydroxylation is 1. The van der Waals surface area contributed by atoms with Gasteiger partial charge in [0.2, 0.25) is 5.43 Å². The zero-order valence-corrected chi connectivity index (χ0v) is 19.0. The van der Waals surface area contributed by atoms with Crippen molar-refractivity contribution in [1.82, 2.24) is 9.47 Å². The second-order valence-corrected chi connectivity index (χ2v) is 8.73. The predicted octanol–water partition coefficient (Wildman–Crippen LogP) is 4.33. The third-order valence-corrected chi connectivity index (χ3v) is 6.65. The summed E-state index contributed by atoms with van der Waals surface area (Å²) in [5.74, 6) is -1.81. The van der Waals surface area contributed by atoms with Crippen molar-refractivity contribution in [3.05, 3.63) is 88.0 Å². The number of halogens is 1. The van der Waals surface area contributed by atoms with E-state index in [-0.39, 0.29) is 10.9 Å². The largest absolute Gasteiger partial charge is 0.477 e. The number of anilines is 1. The Morgan fingerprint density at radius 2 is 1.74 bits per heavy atom. The van der Waals surface area contributed by atoms with Crippen LogP contribution in [0.25, 0.3) is 21.7 Å². The number of piperazine rings is 1. The normalized spacial score (nSPS) is 14.7. The molecular formula is C27H26FN3O3. The lowest BCUT2D eigenvalue weighted by molar-refractivity contribution is 0.0695. The number of benzene rings is 3. The minimum Gasteiger partial charge on any atom is -0.477 e. The van der Waals surface area contributed by atoms with Crippen molar-refractivity contribution < 1.29 is 14.3 Å². The Morgan fingerprint density at radius 3 is 2.44 bits per heavy atom. The first-order valence-electron chi connectivity index (χ1n) is 11.5. The third kappa shape index (κ3) is 4.03. The summed E-state index contributed by atoms with van der Waals surface area (Å²) in [5, 5.41) is 11.9. The highest BCUT2D eigenvalue weighted by molar-refractivity contribution is 5.93. The van der Waals surface area contributed by atoms with Gasteiger partial charge in [-0.25, -0.2) is 9.18 Å². The number of carbonyl (C=O) groups is 1. The molecule has 0 spiro atoms. The minimum atomic E-state index is -1.30. The lowest BCUT2D eigenvalue weighted by Gasteiger charge is -2.36. The van der Waals surface area contributed by atoms with Crippen molar-refractivity contribution in [2.24, 2.45) is 0 Å². The molecule has 3 aromatic carbocycles. The first kappa shape index (κ1) is 22.1. The first-order valence-corrected chi connectivity index (χ1v) is 11.5. The number of nitrogens with zero attached hydrogens (tertiary/aromatic N) is 3. The molecule has 1 aromatic heterocycles. The number of pyridine rings is 1. The molecule has 1 aliphatic heterocycles. The molecule has 1 aliphatic rings. The van der Waals surface area contributed by atoms with Crippen molar-refractivity contribution in [1.29, 1.82) is 0 Å². The van der Waals surface area contributed by atoms with E-state index in [1.807, 2.05) is 24.0 Å². The number of hydrogen-bond donors (Lipinski definition) is 1. The van der Waals surface area contributed by atoms with E-state index < -0.39 is 17.2 Å². The van der Waals surface area contributed by atoms with Gasteiger partial charge in [-0.2, -0.15) is 0 Å². The van der Waals surface area contributed by atoms with Gasteiger partial charge in [0.15, 0.2) is 0 Å². The highest BCUT2D eigenvalue weighted by Crippen LogP contribution is 2.27. The van der Waals surface area contributed by atoms with E-state index in [1.54, 1.807) is 10.6 Å². The van der Waals surface area contributed by atoms with Gasteiger partial charge in [0.25, 0.3) is 0 Å². The summed E-state index contributed by atoms with van der Waals surface area (Å²) in [7, 11) is 0. The summed E-state index contributed by atoms with van der Waals surface area (Å²) >= 11 is 0. The van der Waals surface area contributed by atoms with Gasteiger partial charge in [0.05, 0.1) is 11.2 Å². The molecular weight excluding hydrogens is 433 g/mol. The first-order chi connectivity index (χ1) is 16.4. The minimum absolute atomic E-state index is 0.0953. The maximum atomic E-state index is 15.1. The summed E-state index contributed by atoms with van der Waals surface area (Å²) < 4.78 is 16.8. The molecule has 34 heavy (non-hydrogen) atoms. The van der Waals surface area contributed by atoms with E-state index in [2.05, 4.69) is 35.2 Å². The molecule has 0 radical (unpaired) electrons. The number of fused-ring (bicyclic) bond motifs is 2. The van der Waals surface area contributed by atoms with Crippen LogP contribution in [0.2, 0.25) is 0 Å². The fraction of sp³-hybridized carbons (Fsp3) is 0.259. The Labute approximate surface area is 196 Å². The predicted molar refractivity (Wildman–Crippen MR) is 132 cm³/mol. The summed E-state index contributed by atoms with van der Waals surface area (Å²) in [4.78, 5) is 28.4. The molecule has 0 bridgehead atoms. The monoisotopic (exact) mass is 459 g/mol. The average molecular weight is 460 g/mol. The van der Waals surface area contributed by atoms with Gasteiger partial charge in [-0.15, -0.1) is 0 Å². The number of aromatic nitrogens is 1. The molecule has 0 unspecified atom stereocenters. The SMILES string of the molecule is CCn1cc(C(=O)O)c(=O)c2cc(F)c(N3CCN(Cc4ccc5ccccc5c4)CC3)cc21. The fourth-order valence-corrected chi connectivity index (χ4v) is 4.80. The van der Waals surface area contributed by atoms with Gasteiger partial charge in [-0.1, -0.05) is 36.4 Å². The van der Waals surface area contributed by atoms with Crippen molar-refractivity contribution >= 4 is 33.3 Å². The number of aromatic carboxylic acids is 1. The van der Waals surface area contributed by atoms with Crippen LogP contribution < -0.4 is 10.3 Å².